The van der Waals surface area contributed by atoms with Crippen LogP contribution in [0.15, 0.2) is 24.3 Å². The maximum atomic E-state index is 11.7. The molecule has 1 rings (SSSR count). The first-order chi connectivity index (χ1) is 7.65. The number of rotatable bonds is 6. The van der Waals surface area contributed by atoms with Crippen molar-refractivity contribution in [2.45, 2.75) is 33.1 Å². The SMILES string of the molecule is CCCOCC(=O)c1ccc(C(C)C)cc1. The molecular formula is C14H20O2. The third-order valence-electron chi connectivity index (χ3n) is 2.48. The van der Waals surface area contributed by atoms with Crippen molar-refractivity contribution in [3.63, 3.8) is 0 Å². The van der Waals surface area contributed by atoms with Crippen LogP contribution < -0.4 is 0 Å². The molecule has 2 nitrogen and oxygen atoms in total. The third-order valence-corrected chi connectivity index (χ3v) is 2.48. The van der Waals surface area contributed by atoms with Gasteiger partial charge in [-0.3, -0.25) is 4.79 Å². The van der Waals surface area contributed by atoms with E-state index in [1.165, 1.54) is 5.56 Å². The lowest BCUT2D eigenvalue weighted by atomic mass is 10.0. The summed E-state index contributed by atoms with van der Waals surface area (Å²) in [4.78, 5) is 11.7. The van der Waals surface area contributed by atoms with Gasteiger partial charge in [-0.1, -0.05) is 45.0 Å². The van der Waals surface area contributed by atoms with Crippen molar-refractivity contribution >= 4 is 5.78 Å². The highest BCUT2D eigenvalue weighted by Gasteiger charge is 2.06. The molecule has 0 atom stereocenters. The number of ether oxygens (including phenoxy) is 1. The van der Waals surface area contributed by atoms with Crippen molar-refractivity contribution < 1.29 is 9.53 Å². The van der Waals surface area contributed by atoms with Crippen LogP contribution in [0.5, 0.6) is 0 Å². The first kappa shape index (κ1) is 12.9. The normalized spacial score (nSPS) is 10.8. The number of benzene rings is 1. The van der Waals surface area contributed by atoms with E-state index in [9.17, 15) is 4.79 Å². The Morgan fingerprint density at radius 3 is 2.38 bits per heavy atom. The Bertz CT molecular complexity index is 325. The summed E-state index contributed by atoms with van der Waals surface area (Å²) in [6.45, 7) is 7.15. The van der Waals surface area contributed by atoms with E-state index in [2.05, 4.69) is 13.8 Å². The Hall–Kier alpha value is -1.15. The zero-order valence-corrected chi connectivity index (χ0v) is 10.3. The van der Waals surface area contributed by atoms with Crippen molar-refractivity contribution in [2.75, 3.05) is 13.2 Å². The van der Waals surface area contributed by atoms with Gasteiger partial charge >= 0.3 is 0 Å². The van der Waals surface area contributed by atoms with Gasteiger partial charge in [0.2, 0.25) is 0 Å². The first-order valence-corrected chi connectivity index (χ1v) is 5.86. The molecule has 0 unspecified atom stereocenters. The summed E-state index contributed by atoms with van der Waals surface area (Å²) in [5.41, 5.74) is 1.99. The Labute approximate surface area is 97.6 Å². The summed E-state index contributed by atoms with van der Waals surface area (Å²) >= 11 is 0. The van der Waals surface area contributed by atoms with Gasteiger partial charge in [-0.2, -0.15) is 0 Å². The quantitative estimate of drug-likeness (QED) is 0.542. The molecule has 1 aromatic rings. The van der Waals surface area contributed by atoms with Gasteiger partial charge in [0.15, 0.2) is 5.78 Å². The zero-order valence-electron chi connectivity index (χ0n) is 10.3. The van der Waals surface area contributed by atoms with Gasteiger partial charge in [-0.25, -0.2) is 0 Å². The maximum absolute atomic E-state index is 11.7. The molecule has 0 fully saturated rings. The molecule has 0 aliphatic rings. The van der Waals surface area contributed by atoms with Crippen LogP contribution in [-0.2, 0) is 4.74 Å². The van der Waals surface area contributed by atoms with Crippen LogP contribution in [-0.4, -0.2) is 19.0 Å². The molecule has 0 amide bonds. The molecule has 0 heterocycles. The van der Waals surface area contributed by atoms with Crippen LogP contribution in [0.25, 0.3) is 0 Å². The number of carbonyl (C=O) groups excluding carboxylic acids is 1. The van der Waals surface area contributed by atoms with E-state index in [0.717, 1.165) is 12.0 Å². The minimum Gasteiger partial charge on any atom is -0.373 e. The van der Waals surface area contributed by atoms with Crippen LogP contribution >= 0.6 is 0 Å². The molecule has 0 spiro atoms. The van der Waals surface area contributed by atoms with Crippen LogP contribution in [0.2, 0.25) is 0 Å². The lowest BCUT2D eigenvalue weighted by Gasteiger charge is -2.06. The molecule has 0 N–H and O–H groups in total. The fourth-order valence-electron chi connectivity index (χ4n) is 1.45. The monoisotopic (exact) mass is 220 g/mol. The van der Waals surface area contributed by atoms with Crippen molar-refractivity contribution in [1.82, 2.24) is 0 Å². The van der Waals surface area contributed by atoms with E-state index in [0.29, 0.717) is 12.5 Å². The second-order valence-corrected chi connectivity index (χ2v) is 4.25. The molecule has 0 radical (unpaired) electrons. The van der Waals surface area contributed by atoms with Crippen molar-refractivity contribution in [2.24, 2.45) is 0 Å². The summed E-state index contributed by atoms with van der Waals surface area (Å²) in [5, 5.41) is 0. The number of hydrogen-bond donors (Lipinski definition) is 0. The largest absolute Gasteiger partial charge is 0.373 e. The van der Waals surface area contributed by atoms with E-state index in [4.69, 9.17) is 4.74 Å². The van der Waals surface area contributed by atoms with E-state index in [1.54, 1.807) is 0 Å². The molecule has 16 heavy (non-hydrogen) atoms. The van der Waals surface area contributed by atoms with Crippen LogP contribution in [0, 0.1) is 0 Å². The highest BCUT2D eigenvalue weighted by molar-refractivity contribution is 5.97. The van der Waals surface area contributed by atoms with Gasteiger partial charge in [0.25, 0.3) is 0 Å². The fourth-order valence-corrected chi connectivity index (χ4v) is 1.45. The molecule has 0 bridgehead atoms. The van der Waals surface area contributed by atoms with E-state index < -0.39 is 0 Å². The predicted molar refractivity (Wildman–Crippen MR) is 66.0 cm³/mol. The summed E-state index contributed by atoms with van der Waals surface area (Å²) in [6.07, 6.45) is 0.944. The second kappa shape index (κ2) is 6.44. The van der Waals surface area contributed by atoms with Gasteiger partial charge in [0, 0.05) is 12.2 Å². The lowest BCUT2D eigenvalue weighted by molar-refractivity contribution is 0.0761. The van der Waals surface area contributed by atoms with Gasteiger partial charge in [-0.15, -0.1) is 0 Å². The molecule has 88 valence electrons. The maximum Gasteiger partial charge on any atom is 0.188 e. The van der Waals surface area contributed by atoms with Crippen molar-refractivity contribution in [3.8, 4) is 0 Å². The van der Waals surface area contributed by atoms with Gasteiger partial charge in [-0.05, 0) is 17.9 Å². The number of carbonyl (C=O) groups is 1. The Kier molecular flexibility index (Phi) is 5.20. The van der Waals surface area contributed by atoms with Gasteiger partial charge in [0.1, 0.15) is 6.61 Å². The smallest absolute Gasteiger partial charge is 0.188 e. The molecule has 0 aliphatic carbocycles. The average Bonchev–Trinajstić information content (AvgIpc) is 2.29. The minimum absolute atomic E-state index is 0.0590. The van der Waals surface area contributed by atoms with Crippen molar-refractivity contribution in [3.05, 3.63) is 35.4 Å². The lowest BCUT2D eigenvalue weighted by Crippen LogP contribution is -2.09. The number of ketones is 1. The first-order valence-electron chi connectivity index (χ1n) is 5.86. The summed E-state index contributed by atoms with van der Waals surface area (Å²) in [7, 11) is 0. The summed E-state index contributed by atoms with van der Waals surface area (Å²) in [6, 6.07) is 7.79. The average molecular weight is 220 g/mol. The third kappa shape index (κ3) is 3.78. The minimum atomic E-state index is 0.0590. The molecular weight excluding hydrogens is 200 g/mol. The highest BCUT2D eigenvalue weighted by atomic mass is 16.5. The van der Waals surface area contributed by atoms with Crippen molar-refractivity contribution in [1.29, 1.82) is 0 Å². The molecule has 2 heteroatoms. The standard InChI is InChI=1S/C14H20O2/c1-4-9-16-10-14(15)13-7-5-12(6-8-13)11(2)3/h5-8,11H,4,9-10H2,1-3H3. The Morgan fingerprint density at radius 2 is 1.88 bits per heavy atom. The van der Waals surface area contributed by atoms with Crippen LogP contribution in [0.1, 0.15) is 49.0 Å². The topological polar surface area (TPSA) is 26.3 Å². The van der Waals surface area contributed by atoms with E-state index in [1.807, 2.05) is 31.2 Å². The van der Waals surface area contributed by atoms with Crippen LogP contribution in [0.3, 0.4) is 0 Å². The molecule has 0 saturated carbocycles. The summed E-state index contributed by atoms with van der Waals surface area (Å²) in [5.74, 6) is 0.559. The second-order valence-electron chi connectivity index (χ2n) is 4.25. The Morgan fingerprint density at radius 1 is 1.25 bits per heavy atom. The predicted octanol–water partition coefficient (Wildman–Crippen LogP) is 3.42. The number of hydrogen-bond acceptors (Lipinski definition) is 2. The van der Waals surface area contributed by atoms with E-state index in [-0.39, 0.29) is 12.4 Å². The van der Waals surface area contributed by atoms with Gasteiger partial charge < -0.3 is 4.74 Å². The Balaban J connectivity index is 2.56. The molecule has 0 aliphatic heterocycles. The fraction of sp³-hybridized carbons (Fsp3) is 0.500. The van der Waals surface area contributed by atoms with Crippen LogP contribution in [0.4, 0.5) is 0 Å². The van der Waals surface area contributed by atoms with Gasteiger partial charge in [0.05, 0.1) is 0 Å². The van der Waals surface area contributed by atoms with E-state index >= 15 is 0 Å². The summed E-state index contributed by atoms with van der Waals surface area (Å²) < 4.78 is 5.23. The number of Topliss-reactive ketones (excluding diaryl/α,β-unsaturated/α-hetero) is 1. The molecule has 1 aromatic carbocycles. The molecule has 0 aromatic heterocycles. The zero-order chi connectivity index (χ0) is 12.0. The molecule has 0 saturated heterocycles. The highest BCUT2D eigenvalue weighted by Crippen LogP contribution is 2.14.